The molecule has 0 aliphatic rings. The minimum absolute atomic E-state index is 0.0498. The molecule has 0 saturated carbocycles. The van der Waals surface area contributed by atoms with Crippen molar-refractivity contribution in [2.75, 3.05) is 0 Å². The summed E-state index contributed by atoms with van der Waals surface area (Å²) in [5, 5.41) is 1.50. The zero-order chi connectivity index (χ0) is 16.7. The molecule has 0 spiro atoms. The Labute approximate surface area is 145 Å². The predicted molar refractivity (Wildman–Crippen MR) is 97.8 cm³/mol. The van der Waals surface area contributed by atoms with E-state index in [-0.39, 0.29) is 15.0 Å². The second-order valence-electron chi connectivity index (χ2n) is 5.46. The molecule has 0 fully saturated rings. The summed E-state index contributed by atoms with van der Waals surface area (Å²) >= 11 is 0.0498. The molecule has 2 nitrogen and oxygen atoms in total. The van der Waals surface area contributed by atoms with Crippen LogP contribution in [0.2, 0.25) is 0 Å². The van der Waals surface area contributed by atoms with Crippen molar-refractivity contribution in [2.45, 2.75) is 38.0 Å². The third kappa shape index (κ3) is 5.65. The van der Waals surface area contributed by atoms with Crippen LogP contribution in [0.15, 0.2) is 69.4 Å². The van der Waals surface area contributed by atoms with Gasteiger partial charge in [-0.15, -0.1) is 0 Å². The molecule has 0 atom stereocenters. The Morgan fingerprint density at radius 1 is 1.04 bits per heavy atom. The van der Waals surface area contributed by atoms with Crippen molar-refractivity contribution in [3.05, 3.63) is 70.0 Å². The molecule has 122 valence electrons. The molecular weight excluding hydrogens is 371 g/mol. The molecule has 2 aromatic rings. The van der Waals surface area contributed by atoms with Crippen LogP contribution < -0.4 is 4.46 Å². The van der Waals surface area contributed by atoms with Crippen molar-refractivity contribution >= 4 is 29.3 Å². The molecule has 0 aromatic heterocycles. The maximum absolute atomic E-state index is 12.6. The standard InChI is InChI=1S/C19H22O2SSe/c1-3-4-8-19(23-18-9-6-5-7-10-18)15-22(20,21)17-13-11-16(2)12-14-17/h5-7,9-15H,3-4,8H2,1-2H3/b19-15-. The third-order valence-corrected chi connectivity index (χ3v) is 7.56. The molecule has 0 heterocycles. The molecule has 2 aromatic carbocycles. The molecular formula is C19H22O2SSe. The van der Waals surface area contributed by atoms with E-state index < -0.39 is 9.84 Å². The van der Waals surface area contributed by atoms with Gasteiger partial charge in [-0.1, -0.05) is 0 Å². The molecule has 0 saturated heterocycles. The van der Waals surface area contributed by atoms with Crippen molar-refractivity contribution in [2.24, 2.45) is 0 Å². The van der Waals surface area contributed by atoms with Gasteiger partial charge in [0.05, 0.1) is 0 Å². The van der Waals surface area contributed by atoms with Crippen molar-refractivity contribution in [1.29, 1.82) is 0 Å². The van der Waals surface area contributed by atoms with Gasteiger partial charge < -0.3 is 0 Å². The van der Waals surface area contributed by atoms with E-state index in [1.165, 1.54) is 9.87 Å². The van der Waals surface area contributed by atoms with E-state index >= 15 is 0 Å². The molecule has 4 heteroatoms. The van der Waals surface area contributed by atoms with Gasteiger partial charge >= 0.3 is 146 Å². The Morgan fingerprint density at radius 2 is 1.70 bits per heavy atom. The number of sulfone groups is 1. The summed E-state index contributed by atoms with van der Waals surface area (Å²) in [6, 6.07) is 17.2. The van der Waals surface area contributed by atoms with Crippen LogP contribution >= 0.6 is 0 Å². The predicted octanol–water partition coefficient (Wildman–Crippen LogP) is 3.83. The average molecular weight is 393 g/mol. The number of allylic oxidation sites excluding steroid dienone is 1. The second kappa shape index (κ2) is 8.49. The van der Waals surface area contributed by atoms with Crippen LogP contribution in [0.1, 0.15) is 31.7 Å². The van der Waals surface area contributed by atoms with E-state index in [0.717, 1.165) is 29.3 Å². The Bertz CT molecular complexity index is 748. The van der Waals surface area contributed by atoms with Gasteiger partial charge in [-0.3, -0.25) is 0 Å². The fourth-order valence-corrected chi connectivity index (χ4v) is 6.13. The van der Waals surface area contributed by atoms with Gasteiger partial charge in [0.1, 0.15) is 0 Å². The number of rotatable bonds is 7. The SMILES string of the molecule is CCCC/C(=C/S(=O)(=O)c1ccc(C)cc1)[Se]c1ccccc1. The van der Waals surface area contributed by atoms with Gasteiger partial charge in [0.15, 0.2) is 0 Å². The van der Waals surface area contributed by atoms with Gasteiger partial charge in [-0.2, -0.15) is 0 Å². The van der Waals surface area contributed by atoms with E-state index in [1.807, 2.05) is 37.3 Å². The van der Waals surface area contributed by atoms with Gasteiger partial charge in [0, 0.05) is 0 Å². The normalized spacial score (nSPS) is 12.3. The topological polar surface area (TPSA) is 34.1 Å². The van der Waals surface area contributed by atoms with E-state index in [0.29, 0.717) is 4.90 Å². The van der Waals surface area contributed by atoms with Crippen LogP contribution in [0.25, 0.3) is 0 Å². The van der Waals surface area contributed by atoms with Crippen molar-refractivity contribution in [3.63, 3.8) is 0 Å². The monoisotopic (exact) mass is 394 g/mol. The molecule has 23 heavy (non-hydrogen) atoms. The van der Waals surface area contributed by atoms with Gasteiger partial charge in [-0.25, -0.2) is 0 Å². The summed E-state index contributed by atoms with van der Waals surface area (Å²) in [7, 11) is -3.37. The van der Waals surface area contributed by atoms with Crippen molar-refractivity contribution < 1.29 is 8.42 Å². The molecule has 0 radical (unpaired) electrons. The number of hydrogen-bond acceptors (Lipinski definition) is 2. The van der Waals surface area contributed by atoms with E-state index in [4.69, 9.17) is 0 Å². The van der Waals surface area contributed by atoms with Crippen LogP contribution in [-0.4, -0.2) is 23.4 Å². The number of hydrogen-bond donors (Lipinski definition) is 0. The average Bonchev–Trinajstić information content (AvgIpc) is 2.54. The maximum atomic E-state index is 12.6. The fraction of sp³-hybridized carbons (Fsp3) is 0.263. The number of unbranched alkanes of at least 4 members (excludes halogenated alkanes) is 1. The first-order chi connectivity index (χ1) is 11.0. The van der Waals surface area contributed by atoms with Crippen LogP contribution in [0, 0.1) is 6.92 Å². The first-order valence-corrected chi connectivity index (χ1v) is 11.0. The molecule has 2 rings (SSSR count). The molecule has 0 amide bonds. The van der Waals surface area contributed by atoms with Crippen LogP contribution in [0.3, 0.4) is 0 Å². The summed E-state index contributed by atoms with van der Waals surface area (Å²) in [5.74, 6) is 0. The quantitative estimate of drug-likeness (QED) is 0.670. The molecule has 0 aliphatic carbocycles. The molecule has 0 bridgehead atoms. The summed E-state index contributed by atoms with van der Waals surface area (Å²) < 4.78 is 27.5. The number of benzene rings is 2. The van der Waals surface area contributed by atoms with Gasteiger partial charge in [0.25, 0.3) is 0 Å². The van der Waals surface area contributed by atoms with Gasteiger partial charge in [-0.05, 0) is 0 Å². The van der Waals surface area contributed by atoms with E-state index in [1.54, 1.807) is 12.1 Å². The van der Waals surface area contributed by atoms with Crippen LogP contribution in [0.4, 0.5) is 0 Å². The Hall–Kier alpha value is -1.35. The molecule has 0 unspecified atom stereocenters. The second-order valence-corrected chi connectivity index (χ2v) is 9.78. The zero-order valence-electron chi connectivity index (χ0n) is 13.5. The zero-order valence-corrected chi connectivity index (χ0v) is 16.1. The first kappa shape index (κ1) is 18.0. The Morgan fingerprint density at radius 3 is 2.30 bits per heavy atom. The van der Waals surface area contributed by atoms with Crippen LogP contribution in [0.5, 0.6) is 0 Å². The molecule has 0 aliphatic heterocycles. The minimum atomic E-state index is -3.37. The summed E-state index contributed by atoms with van der Waals surface area (Å²) in [6.07, 6.45) is 2.92. The summed E-state index contributed by atoms with van der Waals surface area (Å²) in [5.41, 5.74) is 1.06. The Kier molecular flexibility index (Phi) is 6.64. The van der Waals surface area contributed by atoms with E-state index in [9.17, 15) is 8.42 Å². The Balaban J connectivity index is 2.29. The van der Waals surface area contributed by atoms with Gasteiger partial charge in [0.2, 0.25) is 0 Å². The number of aryl methyl sites for hydroxylation is 1. The fourth-order valence-electron chi connectivity index (χ4n) is 2.09. The first-order valence-electron chi connectivity index (χ1n) is 7.76. The van der Waals surface area contributed by atoms with Crippen molar-refractivity contribution in [1.82, 2.24) is 0 Å². The summed E-state index contributed by atoms with van der Waals surface area (Å²) in [6.45, 7) is 4.08. The van der Waals surface area contributed by atoms with Crippen LogP contribution in [-0.2, 0) is 9.84 Å². The summed E-state index contributed by atoms with van der Waals surface area (Å²) in [4.78, 5) is 0.376. The third-order valence-electron chi connectivity index (χ3n) is 3.40. The van der Waals surface area contributed by atoms with E-state index in [2.05, 4.69) is 19.1 Å². The molecule has 0 N–H and O–H groups in total. The van der Waals surface area contributed by atoms with Crippen molar-refractivity contribution in [3.8, 4) is 0 Å².